The molecule has 2 heterocycles. The van der Waals surface area contributed by atoms with Crippen LogP contribution in [0.5, 0.6) is 0 Å². The van der Waals surface area contributed by atoms with Crippen LogP contribution in [0.4, 0.5) is 5.82 Å². The summed E-state index contributed by atoms with van der Waals surface area (Å²) in [4.78, 5) is 6.52. The molecule has 0 radical (unpaired) electrons. The first-order valence-electron chi connectivity index (χ1n) is 6.59. The van der Waals surface area contributed by atoms with Crippen LogP contribution in [0.2, 0.25) is 0 Å². The molecule has 1 aromatic heterocycles. The number of nitrogen functional groups attached to an aromatic ring is 1. The average Bonchev–Trinajstić information content (AvgIpc) is 2.39. The third-order valence-corrected chi connectivity index (χ3v) is 3.89. The highest BCUT2D eigenvalue weighted by atomic mass is 16.5. The molecule has 4 heteroatoms. The van der Waals surface area contributed by atoms with Gasteiger partial charge in [-0.25, -0.2) is 4.98 Å². The predicted molar refractivity (Wildman–Crippen MR) is 73.5 cm³/mol. The highest BCUT2D eigenvalue weighted by Gasteiger charge is 2.19. The topological polar surface area (TPSA) is 51.4 Å². The number of hydrogen-bond acceptors (Lipinski definition) is 4. The molecule has 1 saturated heterocycles. The first-order valence-corrected chi connectivity index (χ1v) is 6.59. The second-order valence-corrected chi connectivity index (χ2v) is 5.27. The molecular weight excluding hydrogens is 226 g/mol. The molecule has 2 N–H and O–H groups in total. The molecule has 1 aromatic rings. The van der Waals surface area contributed by atoms with E-state index in [1.807, 2.05) is 6.20 Å². The van der Waals surface area contributed by atoms with Crippen molar-refractivity contribution in [1.29, 1.82) is 0 Å². The molecule has 0 amide bonds. The molecule has 0 spiro atoms. The third kappa shape index (κ3) is 2.82. The van der Waals surface area contributed by atoms with E-state index in [0.717, 1.165) is 31.6 Å². The van der Waals surface area contributed by atoms with Crippen molar-refractivity contribution in [3.8, 4) is 0 Å². The van der Waals surface area contributed by atoms with E-state index in [0.29, 0.717) is 11.7 Å². The number of pyridine rings is 1. The van der Waals surface area contributed by atoms with Crippen molar-refractivity contribution in [1.82, 2.24) is 9.88 Å². The fourth-order valence-electron chi connectivity index (χ4n) is 2.38. The Morgan fingerprint density at radius 2 is 2.06 bits per heavy atom. The fraction of sp³-hybridized carbons (Fsp3) is 0.643. The maximum absolute atomic E-state index is 6.00. The Hall–Kier alpha value is -1.13. The van der Waals surface area contributed by atoms with E-state index >= 15 is 0 Å². The smallest absolute Gasteiger partial charge is 0.128 e. The second kappa shape index (κ2) is 5.67. The van der Waals surface area contributed by atoms with Gasteiger partial charge in [-0.3, -0.25) is 0 Å². The Kier molecular flexibility index (Phi) is 4.19. The van der Waals surface area contributed by atoms with Crippen LogP contribution in [-0.4, -0.2) is 37.2 Å². The van der Waals surface area contributed by atoms with E-state index in [4.69, 9.17) is 10.5 Å². The van der Waals surface area contributed by atoms with Crippen molar-refractivity contribution < 1.29 is 4.74 Å². The molecule has 18 heavy (non-hydrogen) atoms. The van der Waals surface area contributed by atoms with E-state index in [1.165, 1.54) is 5.56 Å². The molecule has 4 nitrogen and oxygen atoms in total. The SMILES string of the molecule is CC(c1cc(C2CCOCC2)cnc1N)N(C)C. The second-order valence-electron chi connectivity index (χ2n) is 5.27. The van der Waals surface area contributed by atoms with Crippen LogP contribution in [0.3, 0.4) is 0 Å². The standard InChI is InChI=1S/C14H23N3O/c1-10(17(2)3)13-8-12(9-16-14(13)15)11-4-6-18-7-5-11/h8-11H,4-7H2,1-3H3,(H2,15,16). The number of aromatic nitrogens is 1. The summed E-state index contributed by atoms with van der Waals surface area (Å²) in [7, 11) is 4.12. The summed E-state index contributed by atoms with van der Waals surface area (Å²) in [5.41, 5.74) is 8.43. The lowest BCUT2D eigenvalue weighted by Crippen LogP contribution is -2.20. The van der Waals surface area contributed by atoms with Crippen molar-refractivity contribution in [2.45, 2.75) is 31.7 Å². The summed E-state index contributed by atoms with van der Waals surface area (Å²) in [5, 5.41) is 0. The lowest BCUT2D eigenvalue weighted by molar-refractivity contribution is 0.0852. The lowest BCUT2D eigenvalue weighted by atomic mass is 9.91. The molecule has 2 rings (SSSR count). The van der Waals surface area contributed by atoms with E-state index < -0.39 is 0 Å². The molecule has 1 aliphatic heterocycles. The number of rotatable bonds is 3. The van der Waals surface area contributed by atoms with Crippen molar-refractivity contribution in [3.05, 3.63) is 23.4 Å². The van der Waals surface area contributed by atoms with E-state index in [1.54, 1.807) is 0 Å². The monoisotopic (exact) mass is 249 g/mol. The molecule has 1 unspecified atom stereocenters. The van der Waals surface area contributed by atoms with Crippen LogP contribution in [0.15, 0.2) is 12.3 Å². The van der Waals surface area contributed by atoms with Crippen LogP contribution < -0.4 is 5.73 Å². The molecule has 0 bridgehead atoms. The maximum Gasteiger partial charge on any atom is 0.128 e. The molecule has 1 aliphatic rings. The molecule has 1 atom stereocenters. The van der Waals surface area contributed by atoms with Gasteiger partial charge in [-0.2, -0.15) is 0 Å². The normalized spacial score (nSPS) is 19.1. The summed E-state index contributed by atoms with van der Waals surface area (Å²) in [5.74, 6) is 1.21. The Morgan fingerprint density at radius 1 is 1.39 bits per heavy atom. The van der Waals surface area contributed by atoms with Gasteiger partial charge < -0.3 is 15.4 Å². The van der Waals surface area contributed by atoms with Crippen molar-refractivity contribution in [3.63, 3.8) is 0 Å². The Morgan fingerprint density at radius 3 is 2.67 bits per heavy atom. The van der Waals surface area contributed by atoms with Gasteiger partial charge >= 0.3 is 0 Å². The molecule has 0 aliphatic carbocycles. The van der Waals surface area contributed by atoms with Crippen LogP contribution in [0.25, 0.3) is 0 Å². The summed E-state index contributed by atoms with van der Waals surface area (Å²) in [6.07, 6.45) is 4.10. The van der Waals surface area contributed by atoms with E-state index in [2.05, 4.69) is 37.0 Å². The first-order chi connectivity index (χ1) is 8.59. The van der Waals surface area contributed by atoms with Crippen molar-refractivity contribution in [2.24, 2.45) is 0 Å². The predicted octanol–water partition coefficient (Wildman–Crippen LogP) is 2.18. The third-order valence-electron chi connectivity index (χ3n) is 3.89. The van der Waals surface area contributed by atoms with Crippen LogP contribution in [0, 0.1) is 0 Å². The van der Waals surface area contributed by atoms with Crippen molar-refractivity contribution in [2.75, 3.05) is 33.0 Å². The van der Waals surface area contributed by atoms with Gasteiger partial charge in [-0.15, -0.1) is 0 Å². The average molecular weight is 249 g/mol. The number of nitrogens with zero attached hydrogens (tertiary/aromatic N) is 2. The minimum Gasteiger partial charge on any atom is -0.383 e. The quantitative estimate of drug-likeness (QED) is 0.892. The minimum atomic E-state index is 0.289. The highest BCUT2D eigenvalue weighted by Crippen LogP contribution is 2.30. The Balaban J connectivity index is 2.25. The number of ether oxygens (including phenoxy) is 1. The highest BCUT2D eigenvalue weighted by molar-refractivity contribution is 5.43. The lowest BCUT2D eigenvalue weighted by Gasteiger charge is -2.25. The van der Waals surface area contributed by atoms with Gasteiger partial charge in [0.15, 0.2) is 0 Å². The largest absolute Gasteiger partial charge is 0.383 e. The molecule has 0 saturated carbocycles. The van der Waals surface area contributed by atoms with Gasteiger partial charge in [0.05, 0.1) is 0 Å². The zero-order valence-electron chi connectivity index (χ0n) is 11.5. The maximum atomic E-state index is 6.00. The van der Waals surface area contributed by atoms with Crippen LogP contribution >= 0.6 is 0 Å². The van der Waals surface area contributed by atoms with Gasteiger partial charge in [-0.1, -0.05) is 0 Å². The summed E-state index contributed by atoms with van der Waals surface area (Å²) < 4.78 is 5.41. The Bertz CT molecular complexity index is 400. The minimum absolute atomic E-state index is 0.289. The summed E-state index contributed by atoms with van der Waals surface area (Å²) in [6.45, 7) is 3.86. The summed E-state index contributed by atoms with van der Waals surface area (Å²) >= 11 is 0. The zero-order valence-corrected chi connectivity index (χ0v) is 11.5. The number of anilines is 1. The van der Waals surface area contributed by atoms with Gasteiger partial charge in [0.1, 0.15) is 5.82 Å². The number of hydrogen-bond donors (Lipinski definition) is 1. The first kappa shape index (κ1) is 13.3. The number of nitrogens with two attached hydrogens (primary N) is 1. The van der Waals surface area contributed by atoms with Gasteiger partial charge in [0.2, 0.25) is 0 Å². The van der Waals surface area contributed by atoms with Gasteiger partial charge in [-0.05, 0) is 51.4 Å². The zero-order chi connectivity index (χ0) is 13.1. The summed E-state index contributed by atoms with van der Waals surface area (Å²) in [6, 6.07) is 2.51. The van der Waals surface area contributed by atoms with Gasteiger partial charge in [0, 0.05) is 31.0 Å². The van der Waals surface area contributed by atoms with Gasteiger partial charge in [0.25, 0.3) is 0 Å². The molecular formula is C14H23N3O. The van der Waals surface area contributed by atoms with E-state index in [9.17, 15) is 0 Å². The molecule has 100 valence electrons. The van der Waals surface area contributed by atoms with Crippen LogP contribution in [-0.2, 0) is 4.74 Å². The van der Waals surface area contributed by atoms with Crippen molar-refractivity contribution >= 4 is 5.82 Å². The fourth-order valence-corrected chi connectivity index (χ4v) is 2.38. The molecule has 0 aromatic carbocycles. The van der Waals surface area contributed by atoms with Crippen LogP contribution in [0.1, 0.15) is 42.9 Å². The van der Waals surface area contributed by atoms with E-state index in [-0.39, 0.29) is 6.04 Å². The molecule has 1 fully saturated rings. The Labute approximate surface area is 109 Å².